The molecule has 17 heavy (non-hydrogen) atoms. The Morgan fingerprint density at radius 3 is 2.71 bits per heavy atom. The van der Waals surface area contributed by atoms with Crippen molar-refractivity contribution in [1.82, 2.24) is 4.90 Å². The number of rotatable bonds is 4. The van der Waals surface area contributed by atoms with E-state index >= 15 is 0 Å². The minimum atomic E-state index is -0.359. The number of aliphatic hydroxyl groups excluding tert-OH is 1. The largest absolute Gasteiger partial charge is 0.392 e. The van der Waals surface area contributed by atoms with Gasteiger partial charge in [-0.15, -0.1) is 0 Å². The van der Waals surface area contributed by atoms with E-state index in [4.69, 9.17) is 9.47 Å². The summed E-state index contributed by atoms with van der Waals surface area (Å²) in [4.78, 5) is 2.35. The quantitative estimate of drug-likeness (QED) is 0.806. The average molecular weight is 243 g/mol. The standard InChI is InChI=1S/C13H25NO3/c1-11-4-7-14(10-12(11)15)6-3-5-13(2)16-8-9-17-13/h11-12,15H,3-10H2,1-2H3. The Morgan fingerprint density at radius 2 is 2.06 bits per heavy atom. The summed E-state index contributed by atoms with van der Waals surface area (Å²) in [5, 5.41) is 9.82. The first-order chi connectivity index (χ1) is 8.09. The van der Waals surface area contributed by atoms with E-state index in [1.807, 2.05) is 6.92 Å². The van der Waals surface area contributed by atoms with Crippen molar-refractivity contribution in [2.75, 3.05) is 32.8 Å². The first kappa shape index (κ1) is 13.3. The van der Waals surface area contributed by atoms with Crippen molar-refractivity contribution in [1.29, 1.82) is 0 Å². The topological polar surface area (TPSA) is 41.9 Å². The lowest BCUT2D eigenvalue weighted by Crippen LogP contribution is -2.43. The van der Waals surface area contributed by atoms with Gasteiger partial charge < -0.3 is 19.5 Å². The second-order valence-corrected chi connectivity index (χ2v) is 5.57. The smallest absolute Gasteiger partial charge is 0.165 e. The molecule has 2 aliphatic heterocycles. The molecule has 0 spiro atoms. The molecule has 0 aromatic heterocycles. The van der Waals surface area contributed by atoms with Crippen molar-refractivity contribution >= 4 is 0 Å². The van der Waals surface area contributed by atoms with Gasteiger partial charge in [0.2, 0.25) is 0 Å². The average Bonchev–Trinajstić information content (AvgIpc) is 2.71. The van der Waals surface area contributed by atoms with Crippen LogP contribution in [0.25, 0.3) is 0 Å². The zero-order chi connectivity index (χ0) is 12.3. The molecule has 1 N–H and O–H groups in total. The van der Waals surface area contributed by atoms with Gasteiger partial charge in [0.25, 0.3) is 0 Å². The summed E-state index contributed by atoms with van der Waals surface area (Å²) in [6.45, 7) is 8.55. The number of ether oxygens (including phenoxy) is 2. The van der Waals surface area contributed by atoms with E-state index in [1.54, 1.807) is 0 Å². The fourth-order valence-electron chi connectivity index (χ4n) is 2.64. The van der Waals surface area contributed by atoms with Crippen LogP contribution < -0.4 is 0 Å². The molecule has 2 unspecified atom stereocenters. The van der Waals surface area contributed by atoms with Gasteiger partial charge in [0.1, 0.15) is 0 Å². The van der Waals surface area contributed by atoms with E-state index in [0.29, 0.717) is 5.92 Å². The zero-order valence-corrected chi connectivity index (χ0v) is 11.0. The van der Waals surface area contributed by atoms with Gasteiger partial charge in [0.05, 0.1) is 19.3 Å². The maximum absolute atomic E-state index is 9.82. The van der Waals surface area contributed by atoms with Crippen LogP contribution >= 0.6 is 0 Å². The number of aliphatic hydroxyl groups is 1. The first-order valence-corrected chi connectivity index (χ1v) is 6.77. The van der Waals surface area contributed by atoms with Gasteiger partial charge in [-0.1, -0.05) is 6.92 Å². The number of nitrogens with zero attached hydrogens (tertiary/aromatic N) is 1. The van der Waals surface area contributed by atoms with Crippen LogP contribution in [-0.4, -0.2) is 54.7 Å². The van der Waals surface area contributed by atoms with E-state index in [2.05, 4.69) is 11.8 Å². The fourth-order valence-corrected chi connectivity index (χ4v) is 2.64. The molecule has 0 aliphatic carbocycles. The van der Waals surface area contributed by atoms with E-state index < -0.39 is 0 Å². The highest BCUT2D eigenvalue weighted by atomic mass is 16.7. The monoisotopic (exact) mass is 243 g/mol. The molecule has 2 fully saturated rings. The zero-order valence-electron chi connectivity index (χ0n) is 11.0. The molecule has 4 heteroatoms. The van der Waals surface area contributed by atoms with Gasteiger partial charge >= 0.3 is 0 Å². The first-order valence-electron chi connectivity index (χ1n) is 6.77. The second kappa shape index (κ2) is 5.65. The molecule has 0 amide bonds. The van der Waals surface area contributed by atoms with Crippen LogP contribution in [0.15, 0.2) is 0 Å². The molecule has 4 nitrogen and oxygen atoms in total. The summed E-state index contributed by atoms with van der Waals surface area (Å²) < 4.78 is 11.2. The summed E-state index contributed by atoms with van der Waals surface area (Å²) in [5.74, 6) is 0.0899. The minimum Gasteiger partial charge on any atom is -0.392 e. The third-order valence-electron chi connectivity index (χ3n) is 4.01. The van der Waals surface area contributed by atoms with Crippen molar-refractivity contribution in [3.63, 3.8) is 0 Å². The molecule has 0 bridgehead atoms. The minimum absolute atomic E-state index is 0.154. The number of hydrogen-bond donors (Lipinski definition) is 1. The number of β-amino-alcohol motifs (C(OH)–C–C–N with tert-alkyl or cyclic N) is 1. The van der Waals surface area contributed by atoms with Crippen LogP contribution in [0, 0.1) is 5.92 Å². The molecule has 0 saturated carbocycles. The Labute approximate surface area is 104 Å². The van der Waals surface area contributed by atoms with E-state index in [1.165, 1.54) is 0 Å². The Balaban J connectivity index is 1.65. The van der Waals surface area contributed by atoms with Crippen molar-refractivity contribution in [3.05, 3.63) is 0 Å². The van der Waals surface area contributed by atoms with E-state index in [0.717, 1.165) is 52.1 Å². The molecule has 2 saturated heterocycles. The lowest BCUT2D eigenvalue weighted by Gasteiger charge is -2.34. The number of likely N-dealkylation sites (tertiary alicyclic amines) is 1. The second-order valence-electron chi connectivity index (χ2n) is 5.57. The highest BCUT2D eigenvalue weighted by Crippen LogP contribution is 2.24. The van der Waals surface area contributed by atoms with Crippen LogP contribution in [0.4, 0.5) is 0 Å². The van der Waals surface area contributed by atoms with Gasteiger partial charge in [-0.3, -0.25) is 0 Å². The third-order valence-corrected chi connectivity index (χ3v) is 4.01. The lowest BCUT2D eigenvalue weighted by molar-refractivity contribution is -0.148. The Bertz CT molecular complexity index is 241. The summed E-state index contributed by atoms with van der Waals surface area (Å²) in [7, 11) is 0. The molecule has 2 atom stereocenters. The van der Waals surface area contributed by atoms with Crippen molar-refractivity contribution in [2.24, 2.45) is 5.92 Å². The fraction of sp³-hybridized carbons (Fsp3) is 1.00. The summed E-state index contributed by atoms with van der Waals surface area (Å²) >= 11 is 0. The SMILES string of the molecule is CC1CCN(CCCC2(C)OCCO2)CC1O. The van der Waals surface area contributed by atoms with E-state index in [9.17, 15) is 5.11 Å². The summed E-state index contributed by atoms with van der Waals surface area (Å²) in [6.07, 6.45) is 2.95. The predicted molar refractivity (Wildman–Crippen MR) is 65.8 cm³/mol. The molecular formula is C13H25NO3. The highest BCUT2D eigenvalue weighted by Gasteiger charge is 2.31. The lowest BCUT2D eigenvalue weighted by atomic mass is 9.96. The van der Waals surface area contributed by atoms with Gasteiger partial charge in [0, 0.05) is 13.0 Å². The van der Waals surface area contributed by atoms with E-state index in [-0.39, 0.29) is 11.9 Å². The van der Waals surface area contributed by atoms with Gasteiger partial charge in [0.15, 0.2) is 5.79 Å². The third kappa shape index (κ3) is 3.65. The van der Waals surface area contributed by atoms with Crippen LogP contribution in [0.2, 0.25) is 0 Å². The molecule has 2 aliphatic rings. The molecule has 100 valence electrons. The summed E-state index contributed by atoms with van der Waals surface area (Å²) in [6, 6.07) is 0. The van der Waals surface area contributed by atoms with Crippen LogP contribution in [0.5, 0.6) is 0 Å². The Hall–Kier alpha value is -0.160. The van der Waals surface area contributed by atoms with Crippen LogP contribution in [-0.2, 0) is 9.47 Å². The molecule has 0 aromatic rings. The summed E-state index contributed by atoms with van der Waals surface area (Å²) in [5.41, 5.74) is 0. The number of hydrogen-bond acceptors (Lipinski definition) is 4. The Morgan fingerprint density at radius 1 is 1.35 bits per heavy atom. The van der Waals surface area contributed by atoms with Gasteiger partial charge in [-0.2, -0.15) is 0 Å². The van der Waals surface area contributed by atoms with Crippen LogP contribution in [0.1, 0.15) is 33.1 Å². The predicted octanol–water partition coefficient (Wildman–Crippen LogP) is 1.23. The Kier molecular flexibility index (Phi) is 4.42. The van der Waals surface area contributed by atoms with Crippen molar-refractivity contribution in [2.45, 2.75) is 45.0 Å². The maximum Gasteiger partial charge on any atom is 0.165 e. The van der Waals surface area contributed by atoms with Crippen LogP contribution in [0.3, 0.4) is 0 Å². The normalized spacial score (nSPS) is 34.1. The molecular weight excluding hydrogens is 218 g/mol. The molecule has 0 aromatic carbocycles. The molecule has 2 rings (SSSR count). The molecule has 2 heterocycles. The number of piperidine rings is 1. The van der Waals surface area contributed by atoms with Crippen molar-refractivity contribution in [3.8, 4) is 0 Å². The highest BCUT2D eigenvalue weighted by molar-refractivity contribution is 4.78. The molecule has 0 radical (unpaired) electrons. The van der Waals surface area contributed by atoms with Crippen molar-refractivity contribution < 1.29 is 14.6 Å². The maximum atomic E-state index is 9.82. The van der Waals surface area contributed by atoms with Gasteiger partial charge in [-0.25, -0.2) is 0 Å². The van der Waals surface area contributed by atoms with Gasteiger partial charge in [-0.05, 0) is 38.8 Å².